The van der Waals surface area contributed by atoms with Crippen LogP contribution in [0, 0.1) is 0 Å². The molecule has 3 heterocycles. The first-order chi connectivity index (χ1) is 17.7. The zero-order valence-corrected chi connectivity index (χ0v) is 21.0. The molecular weight excluding hydrogens is 478 g/mol. The third-order valence-electron chi connectivity index (χ3n) is 6.30. The van der Waals surface area contributed by atoms with Gasteiger partial charge in [-0.2, -0.15) is 15.0 Å². The predicted octanol–water partition coefficient (Wildman–Crippen LogP) is -1.57. The minimum atomic E-state index is -0.401. The largest absolute Gasteiger partial charge is 0.507 e. The first kappa shape index (κ1) is 26.8. The monoisotopic (exact) mass is 515 g/mol. The molecule has 0 bridgehead atoms. The van der Waals surface area contributed by atoms with E-state index in [-0.39, 0.29) is 41.4 Å². The van der Waals surface area contributed by atoms with Crippen LogP contribution in [0.3, 0.4) is 0 Å². The number of aromatic nitrogens is 3. The molecule has 4 atom stereocenters. The molecule has 37 heavy (non-hydrogen) atoms. The number of phenolic OH excluding ortho intramolecular Hbond substituents is 1. The van der Waals surface area contributed by atoms with Crippen molar-refractivity contribution in [2.45, 2.75) is 37.0 Å². The summed E-state index contributed by atoms with van der Waals surface area (Å²) >= 11 is 0. The van der Waals surface area contributed by atoms with Crippen molar-refractivity contribution in [3.05, 3.63) is 23.8 Å². The summed E-state index contributed by atoms with van der Waals surface area (Å²) in [5.74, 6) is 0.544. The fourth-order valence-electron chi connectivity index (χ4n) is 4.67. The van der Waals surface area contributed by atoms with Crippen molar-refractivity contribution in [2.75, 3.05) is 61.6 Å². The lowest BCUT2D eigenvalue weighted by atomic mass is 10.0. The summed E-state index contributed by atoms with van der Waals surface area (Å²) in [6.07, 6.45) is 1.44. The van der Waals surface area contributed by atoms with Gasteiger partial charge in [-0.25, -0.2) is 0 Å². The molecule has 2 saturated heterocycles. The van der Waals surface area contributed by atoms with Crippen molar-refractivity contribution in [1.29, 1.82) is 0 Å². The zero-order valence-electron chi connectivity index (χ0n) is 21.0. The summed E-state index contributed by atoms with van der Waals surface area (Å²) in [4.78, 5) is 30.1. The Morgan fingerprint density at radius 3 is 2.00 bits per heavy atom. The molecule has 0 radical (unpaired) electrons. The number of nitrogens with two attached hydrogens (primary N) is 4. The van der Waals surface area contributed by atoms with E-state index < -0.39 is 5.91 Å². The van der Waals surface area contributed by atoms with Crippen LogP contribution >= 0.6 is 0 Å². The molecule has 2 aromatic rings. The molecule has 11 N–H and O–H groups in total. The third kappa shape index (κ3) is 6.93. The number of anilines is 4. The van der Waals surface area contributed by atoms with Crippen LogP contribution in [0.1, 0.15) is 23.2 Å². The minimum absolute atomic E-state index is 0.100. The second kappa shape index (κ2) is 11.8. The number of carbonyl (C=O) groups excluding carboxylic acids is 1. The first-order valence-electron chi connectivity index (χ1n) is 12.4. The summed E-state index contributed by atoms with van der Waals surface area (Å²) in [5.41, 5.74) is 25.5. The normalized spacial score (nSPS) is 24.1. The number of methoxy groups -OCH3 is 1. The Morgan fingerprint density at radius 1 is 0.973 bits per heavy atom. The van der Waals surface area contributed by atoms with Gasteiger partial charge in [0, 0.05) is 75.8 Å². The first-order valence-corrected chi connectivity index (χ1v) is 12.4. The van der Waals surface area contributed by atoms with Gasteiger partial charge in [-0.1, -0.05) is 0 Å². The standard InChI is InChI=1S/C23H37N11O3/c1-37-5-4-28-20(36)18-3-2-17(8-19(18)35)29-21-30-22(33-9-13(24)6-14(25)10-33)32-23(31-21)34-11-15(26)7-16(27)12-34/h2-3,8,13-16,35H,4-7,9-12,24-27H2,1H3,(H,28,36)(H,29,30,31,32)/t13-,14+,15-,16+. The van der Waals surface area contributed by atoms with Gasteiger partial charge in [0.2, 0.25) is 17.8 Å². The van der Waals surface area contributed by atoms with Crippen LogP contribution in [-0.4, -0.2) is 96.6 Å². The van der Waals surface area contributed by atoms with Crippen LogP contribution < -0.4 is 43.4 Å². The molecule has 14 nitrogen and oxygen atoms in total. The minimum Gasteiger partial charge on any atom is -0.507 e. The molecule has 2 aliphatic rings. The fourth-order valence-corrected chi connectivity index (χ4v) is 4.67. The van der Waals surface area contributed by atoms with Gasteiger partial charge >= 0.3 is 0 Å². The van der Waals surface area contributed by atoms with E-state index in [1.54, 1.807) is 13.2 Å². The van der Waals surface area contributed by atoms with Gasteiger partial charge in [-0.15, -0.1) is 0 Å². The van der Waals surface area contributed by atoms with E-state index in [2.05, 4.69) is 20.6 Å². The number of hydrogen-bond acceptors (Lipinski definition) is 13. The number of phenols is 1. The Hall–Kier alpha value is -3.30. The molecule has 0 unspecified atom stereocenters. The fraction of sp³-hybridized carbons (Fsp3) is 0.565. The molecule has 202 valence electrons. The molecule has 0 saturated carbocycles. The van der Waals surface area contributed by atoms with Gasteiger partial charge in [0.05, 0.1) is 12.2 Å². The number of piperidine rings is 2. The predicted molar refractivity (Wildman–Crippen MR) is 141 cm³/mol. The van der Waals surface area contributed by atoms with Crippen molar-refractivity contribution < 1.29 is 14.6 Å². The van der Waals surface area contributed by atoms with E-state index in [0.29, 0.717) is 56.9 Å². The highest BCUT2D eigenvalue weighted by Gasteiger charge is 2.29. The molecule has 1 amide bonds. The van der Waals surface area contributed by atoms with Gasteiger partial charge in [0.1, 0.15) is 5.75 Å². The summed E-state index contributed by atoms with van der Waals surface area (Å²) in [6.45, 7) is 2.94. The second-order valence-electron chi connectivity index (χ2n) is 9.69. The van der Waals surface area contributed by atoms with Crippen LogP contribution in [-0.2, 0) is 4.74 Å². The molecular formula is C23H37N11O3. The summed E-state index contributed by atoms with van der Waals surface area (Å²) in [6, 6.07) is 4.22. The maximum atomic E-state index is 12.3. The van der Waals surface area contributed by atoms with Crippen LogP contribution in [0.2, 0.25) is 0 Å². The van der Waals surface area contributed by atoms with E-state index in [4.69, 9.17) is 32.7 Å². The topological polar surface area (TPSA) is 220 Å². The molecule has 14 heteroatoms. The van der Waals surface area contributed by atoms with E-state index in [1.165, 1.54) is 12.1 Å². The number of nitrogens with one attached hydrogen (secondary N) is 2. The van der Waals surface area contributed by atoms with E-state index in [0.717, 1.165) is 12.8 Å². The number of amides is 1. The summed E-state index contributed by atoms with van der Waals surface area (Å²) in [7, 11) is 1.55. The quantitative estimate of drug-likeness (QED) is 0.198. The van der Waals surface area contributed by atoms with Crippen molar-refractivity contribution in [3.63, 3.8) is 0 Å². The smallest absolute Gasteiger partial charge is 0.255 e. The second-order valence-corrected chi connectivity index (χ2v) is 9.69. The maximum Gasteiger partial charge on any atom is 0.255 e. The van der Waals surface area contributed by atoms with E-state index >= 15 is 0 Å². The molecule has 1 aromatic carbocycles. The molecule has 4 rings (SSSR count). The van der Waals surface area contributed by atoms with Gasteiger partial charge in [-0.05, 0) is 25.0 Å². The van der Waals surface area contributed by atoms with Gasteiger partial charge in [0.25, 0.3) is 5.91 Å². The number of rotatable bonds is 8. The van der Waals surface area contributed by atoms with Crippen LogP contribution in [0.4, 0.5) is 23.5 Å². The van der Waals surface area contributed by atoms with Crippen molar-refractivity contribution >= 4 is 29.4 Å². The number of nitrogens with zero attached hydrogens (tertiary/aromatic N) is 5. The molecule has 1 aromatic heterocycles. The number of ether oxygens (including phenoxy) is 1. The maximum absolute atomic E-state index is 12.3. The van der Waals surface area contributed by atoms with Crippen LogP contribution in [0.25, 0.3) is 0 Å². The number of aromatic hydroxyl groups is 1. The van der Waals surface area contributed by atoms with Crippen molar-refractivity contribution in [3.8, 4) is 5.75 Å². The van der Waals surface area contributed by atoms with E-state index in [1.807, 2.05) is 9.80 Å². The summed E-state index contributed by atoms with van der Waals surface area (Å²) < 4.78 is 4.93. The van der Waals surface area contributed by atoms with Gasteiger partial charge < -0.3 is 53.2 Å². The molecule has 2 aliphatic heterocycles. The Morgan fingerprint density at radius 2 is 1.51 bits per heavy atom. The highest BCUT2D eigenvalue weighted by atomic mass is 16.5. The van der Waals surface area contributed by atoms with Gasteiger partial charge in [0.15, 0.2) is 0 Å². The SMILES string of the molecule is COCCNC(=O)c1ccc(Nc2nc(N3C[C@H](N)C[C@H](N)C3)nc(N3C[C@H](N)C[C@H](N)C3)n2)cc1O. The Labute approximate surface area is 215 Å². The number of carbonyl (C=O) groups is 1. The van der Waals surface area contributed by atoms with Crippen molar-refractivity contribution in [1.82, 2.24) is 20.3 Å². The number of hydrogen-bond donors (Lipinski definition) is 7. The van der Waals surface area contributed by atoms with Crippen LogP contribution in [0.5, 0.6) is 5.75 Å². The zero-order chi connectivity index (χ0) is 26.5. The average molecular weight is 516 g/mol. The number of benzene rings is 1. The molecule has 0 spiro atoms. The van der Waals surface area contributed by atoms with Crippen LogP contribution in [0.15, 0.2) is 18.2 Å². The lowest BCUT2D eigenvalue weighted by Gasteiger charge is -2.37. The Balaban J connectivity index is 1.60. The highest BCUT2D eigenvalue weighted by molar-refractivity contribution is 5.97. The highest BCUT2D eigenvalue weighted by Crippen LogP contribution is 2.26. The third-order valence-corrected chi connectivity index (χ3v) is 6.30. The van der Waals surface area contributed by atoms with Crippen molar-refractivity contribution in [2.24, 2.45) is 22.9 Å². The summed E-state index contributed by atoms with van der Waals surface area (Å²) in [5, 5.41) is 16.3. The Kier molecular flexibility index (Phi) is 8.56. The lowest BCUT2D eigenvalue weighted by Crippen LogP contribution is -2.54. The van der Waals surface area contributed by atoms with Gasteiger partial charge in [-0.3, -0.25) is 4.79 Å². The molecule has 0 aliphatic carbocycles. The Bertz CT molecular complexity index is 1020. The average Bonchev–Trinajstić information content (AvgIpc) is 2.83. The van der Waals surface area contributed by atoms with E-state index in [9.17, 15) is 9.90 Å². The molecule has 2 fully saturated rings. The lowest BCUT2D eigenvalue weighted by molar-refractivity contribution is 0.0934.